The molecular weight excluding hydrogens is 450 g/mol. The fourth-order valence-electron chi connectivity index (χ4n) is 3.67. The number of carbonyl (C=O) groups excluding carboxylic acids is 4. The Kier molecular flexibility index (Phi) is 11.4. The average Bonchev–Trinajstić information content (AvgIpc) is 3.27. The summed E-state index contributed by atoms with van der Waals surface area (Å²) in [6.07, 6.45) is 0.410. The van der Waals surface area contributed by atoms with Gasteiger partial charge in [-0.2, -0.15) is 0 Å². The lowest BCUT2D eigenvalue weighted by molar-refractivity contribution is -0.150. The highest BCUT2D eigenvalue weighted by molar-refractivity contribution is 5.94. The minimum atomic E-state index is -1.28. The van der Waals surface area contributed by atoms with Crippen LogP contribution >= 0.6 is 0 Å². The molecule has 0 aromatic heterocycles. The van der Waals surface area contributed by atoms with Gasteiger partial charge >= 0.3 is 11.9 Å². The summed E-state index contributed by atoms with van der Waals surface area (Å²) in [5, 5.41) is 23.5. The molecule has 0 aromatic rings. The van der Waals surface area contributed by atoms with Gasteiger partial charge in [0, 0.05) is 19.4 Å². The van der Waals surface area contributed by atoms with Crippen molar-refractivity contribution >= 4 is 35.6 Å². The quantitative estimate of drug-likeness (QED) is 0.169. The zero-order chi connectivity index (χ0) is 26.0. The summed E-state index contributed by atoms with van der Waals surface area (Å²) in [5.41, 5.74) is 10.8. The van der Waals surface area contributed by atoms with E-state index in [1.54, 1.807) is 13.8 Å². The first-order chi connectivity index (χ1) is 15.9. The van der Waals surface area contributed by atoms with Crippen LogP contribution in [0.5, 0.6) is 0 Å². The minimum absolute atomic E-state index is 0.0126. The van der Waals surface area contributed by atoms with Crippen LogP contribution < -0.4 is 22.1 Å². The van der Waals surface area contributed by atoms with Crippen molar-refractivity contribution in [3.8, 4) is 0 Å². The second kappa shape index (κ2) is 13.5. The maximum absolute atomic E-state index is 13.1. The Morgan fingerprint density at radius 3 is 2.21 bits per heavy atom. The number of nitrogens with zero attached hydrogens (tertiary/aromatic N) is 1. The van der Waals surface area contributed by atoms with Gasteiger partial charge in [0.25, 0.3) is 0 Å². The third-order valence-electron chi connectivity index (χ3n) is 5.91. The van der Waals surface area contributed by atoms with Gasteiger partial charge in [-0.05, 0) is 31.6 Å². The molecule has 1 aliphatic heterocycles. The summed E-state index contributed by atoms with van der Waals surface area (Å²) in [5.74, 6) is -5.45. The Bertz CT molecular complexity index is 789. The normalized spacial score (nSPS) is 18.9. The van der Waals surface area contributed by atoms with E-state index in [1.165, 1.54) is 0 Å². The van der Waals surface area contributed by atoms with Crippen molar-refractivity contribution in [2.24, 2.45) is 17.4 Å². The Hall–Kier alpha value is -3.22. The highest BCUT2D eigenvalue weighted by Gasteiger charge is 2.39. The zero-order valence-electron chi connectivity index (χ0n) is 19.5. The van der Waals surface area contributed by atoms with E-state index in [1.807, 2.05) is 0 Å². The number of amides is 4. The van der Waals surface area contributed by atoms with Crippen LogP contribution in [0.3, 0.4) is 0 Å². The van der Waals surface area contributed by atoms with E-state index in [4.69, 9.17) is 16.6 Å². The minimum Gasteiger partial charge on any atom is -0.481 e. The number of hydrogen-bond donors (Lipinski definition) is 6. The molecule has 0 spiro atoms. The summed E-state index contributed by atoms with van der Waals surface area (Å²) in [4.78, 5) is 73.2. The monoisotopic (exact) mass is 485 g/mol. The second-order valence-electron chi connectivity index (χ2n) is 8.50. The number of carboxylic acids is 2. The smallest absolute Gasteiger partial charge is 0.326 e. The number of nitrogens with two attached hydrogens (primary N) is 2. The molecular formula is C21H35N5O8. The van der Waals surface area contributed by atoms with Gasteiger partial charge in [-0.15, -0.1) is 0 Å². The summed E-state index contributed by atoms with van der Waals surface area (Å²) < 4.78 is 0. The summed E-state index contributed by atoms with van der Waals surface area (Å²) >= 11 is 0. The van der Waals surface area contributed by atoms with Crippen LogP contribution in [0, 0.1) is 5.92 Å². The molecule has 4 amide bonds. The van der Waals surface area contributed by atoms with Crippen LogP contribution in [0.1, 0.15) is 58.8 Å². The molecule has 5 atom stereocenters. The molecule has 1 rings (SSSR count). The molecule has 5 unspecified atom stereocenters. The van der Waals surface area contributed by atoms with E-state index in [-0.39, 0.29) is 38.1 Å². The number of hydrogen-bond acceptors (Lipinski definition) is 7. The predicted octanol–water partition coefficient (Wildman–Crippen LogP) is -1.46. The fourth-order valence-corrected chi connectivity index (χ4v) is 3.67. The van der Waals surface area contributed by atoms with Crippen molar-refractivity contribution in [2.75, 3.05) is 6.54 Å². The van der Waals surface area contributed by atoms with Crippen molar-refractivity contribution in [2.45, 2.75) is 83.0 Å². The first kappa shape index (κ1) is 28.8. The highest BCUT2D eigenvalue weighted by atomic mass is 16.4. The number of likely N-dealkylation sites (tertiary alicyclic amines) is 1. The number of aliphatic carboxylic acids is 2. The standard InChI is InChI=1S/C21H35N5O8/c1-3-11(2)17(25-18(30)12(22)6-8-15(23)27)19(31)24-13(7-9-16(28)29)20(32)26-10-4-5-14(26)21(33)34/h11-14,17H,3-10,22H2,1-2H3,(H2,23,27)(H,24,31)(H,25,30)(H,28,29)(H,33,34). The molecule has 34 heavy (non-hydrogen) atoms. The molecule has 1 heterocycles. The molecule has 8 N–H and O–H groups in total. The largest absolute Gasteiger partial charge is 0.481 e. The fraction of sp³-hybridized carbons (Fsp3) is 0.714. The lowest BCUT2D eigenvalue weighted by atomic mass is 9.96. The van der Waals surface area contributed by atoms with Gasteiger partial charge in [0.15, 0.2) is 0 Å². The van der Waals surface area contributed by atoms with Gasteiger partial charge in [0.05, 0.1) is 6.04 Å². The number of carbonyl (C=O) groups is 6. The van der Waals surface area contributed by atoms with E-state index >= 15 is 0 Å². The molecule has 1 saturated heterocycles. The first-order valence-corrected chi connectivity index (χ1v) is 11.3. The van der Waals surface area contributed by atoms with E-state index in [9.17, 15) is 33.9 Å². The molecule has 0 aliphatic carbocycles. The number of primary amides is 1. The van der Waals surface area contributed by atoms with Crippen LogP contribution in [0.4, 0.5) is 0 Å². The lowest BCUT2D eigenvalue weighted by Gasteiger charge is -2.30. The van der Waals surface area contributed by atoms with Crippen molar-refractivity contribution in [3.63, 3.8) is 0 Å². The Morgan fingerprint density at radius 2 is 1.68 bits per heavy atom. The third-order valence-corrected chi connectivity index (χ3v) is 5.91. The van der Waals surface area contributed by atoms with Crippen molar-refractivity contribution in [1.82, 2.24) is 15.5 Å². The van der Waals surface area contributed by atoms with Crippen molar-refractivity contribution in [3.05, 3.63) is 0 Å². The second-order valence-corrected chi connectivity index (χ2v) is 8.50. The Labute approximate surface area is 197 Å². The maximum atomic E-state index is 13.1. The number of rotatable bonds is 14. The van der Waals surface area contributed by atoms with Crippen molar-refractivity contribution < 1.29 is 39.0 Å². The van der Waals surface area contributed by atoms with E-state index in [0.29, 0.717) is 12.8 Å². The molecule has 0 bridgehead atoms. The van der Waals surface area contributed by atoms with Gasteiger partial charge in [0.1, 0.15) is 18.1 Å². The van der Waals surface area contributed by atoms with Gasteiger partial charge in [-0.3, -0.25) is 24.0 Å². The van der Waals surface area contributed by atoms with Crippen LogP contribution in [0.2, 0.25) is 0 Å². The van der Waals surface area contributed by atoms with E-state index < -0.39 is 66.2 Å². The SMILES string of the molecule is CCC(C)C(NC(=O)C(N)CCC(N)=O)C(=O)NC(CCC(=O)O)C(=O)N1CCCC1C(=O)O. The number of carboxylic acid groups (broad SMARTS) is 2. The number of nitrogens with one attached hydrogen (secondary N) is 2. The van der Waals surface area contributed by atoms with Gasteiger partial charge in [0.2, 0.25) is 23.6 Å². The topological polar surface area (TPSA) is 222 Å². The van der Waals surface area contributed by atoms with E-state index in [0.717, 1.165) is 4.90 Å². The first-order valence-electron chi connectivity index (χ1n) is 11.3. The van der Waals surface area contributed by atoms with Crippen molar-refractivity contribution in [1.29, 1.82) is 0 Å². The average molecular weight is 486 g/mol. The molecule has 0 saturated carbocycles. The summed E-state index contributed by atoms with van der Waals surface area (Å²) in [6, 6.07) is -4.51. The maximum Gasteiger partial charge on any atom is 0.326 e. The Balaban J connectivity index is 3.02. The summed E-state index contributed by atoms with van der Waals surface area (Å²) in [6.45, 7) is 3.67. The third kappa shape index (κ3) is 8.61. The van der Waals surface area contributed by atoms with Gasteiger partial charge in [-0.25, -0.2) is 4.79 Å². The van der Waals surface area contributed by atoms with Crippen LogP contribution in [0.15, 0.2) is 0 Å². The van der Waals surface area contributed by atoms with Gasteiger partial charge in [-0.1, -0.05) is 20.3 Å². The van der Waals surface area contributed by atoms with Crippen LogP contribution in [0.25, 0.3) is 0 Å². The predicted molar refractivity (Wildman–Crippen MR) is 119 cm³/mol. The molecule has 192 valence electrons. The molecule has 13 heteroatoms. The molecule has 0 aromatic carbocycles. The molecule has 0 radical (unpaired) electrons. The molecule has 1 fully saturated rings. The van der Waals surface area contributed by atoms with E-state index in [2.05, 4.69) is 10.6 Å². The summed E-state index contributed by atoms with van der Waals surface area (Å²) in [7, 11) is 0. The van der Waals surface area contributed by atoms with Crippen LogP contribution in [-0.2, 0) is 28.8 Å². The zero-order valence-corrected chi connectivity index (χ0v) is 19.5. The van der Waals surface area contributed by atoms with Crippen LogP contribution in [-0.4, -0.2) is 81.4 Å². The highest BCUT2D eigenvalue weighted by Crippen LogP contribution is 2.20. The Morgan fingerprint density at radius 1 is 1.03 bits per heavy atom. The molecule has 1 aliphatic rings. The molecule has 13 nitrogen and oxygen atoms in total. The lowest BCUT2D eigenvalue weighted by Crippen LogP contribution is -2.58. The van der Waals surface area contributed by atoms with Gasteiger partial charge < -0.3 is 37.2 Å².